The molecule has 0 saturated carbocycles. The lowest BCUT2D eigenvalue weighted by atomic mass is 9.95. The Hall–Kier alpha value is -2.41. The number of aromatic nitrogens is 3. The molecule has 2 heterocycles. The van der Waals surface area contributed by atoms with E-state index in [-0.39, 0.29) is 42.7 Å². The van der Waals surface area contributed by atoms with E-state index < -0.39 is 0 Å². The molecular formula is C20H25Cl2N5O. The Balaban J connectivity index is 0.00000196. The lowest BCUT2D eigenvalue weighted by Crippen LogP contribution is -2.30. The molecule has 3 rings (SSSR count). The summed E-state index contributed by atoms with van der Waals surface area (Å²) in [6.45, 7) is 2.56. The number of nitrogens with one attached hydrogen (secondary N) is 1. The van der Waals surface area contributed by atoms with E-state index in [1.54, 1.807) is 18.5 Å². The molecule has 8 heteroatoms. The van der Waals surface area contributed by atoms with Crippen LogP contribution in [0.5, 0.6) is 0 Å². The minimum atomic E-state index is -0.362. The summed E-state index contributed by atoms with van der Waals surface area (Å²) in [4.78, 5) is 16.5. The zero-order chi connectivity index (χ0) is 18.4. The van der Waals surface area contributed by atoms with Crippen molar-refractivity contribution in [1.29, 1.82) is 0 Å². The van der Waals surface area contributed by atoms with Gasteiger partial charge in [0.15, 0.2) is 5.82 Å². The van der Waals surface area contributed by atoms with Crippen molar-refractivity contribution < 1.29 is 4.79 Å². The number of benzene rings is 1. The maximum Gasteiger partial charge on any atom is 0.230 e. The second-order valence-corrected chi connectivity index (χ2v) is 6.28. The molecule has 150 valence electrons. The SMILES string of the molecule is CC(C(=O)Nc1ccn(CCc2ccncc2)n1)C(N)c1ccccc1.Cl.Cl. The highest BCUT2D eigenvalue weighted by Crippen LogP contribution is 2.20. The molecule has 1 aromatic carbocycles. The number of amides is 1. The Bertz CT molecular complexity index is 842. The Kier molecular flexibility index (Phi) is 9.65. The maximum absolute atomic E-state index is 12.5. The first-order chi connectivity index (χ1) is 12.6. The largest absolute Gasteiger partial charge is 0.323 e. The molecule has 2 unspecified atom stereocenters. The van der Waals surface area contributed by atoms with Gasteiger partial charge in [0.2, 0.25) is 5.91 Å². The fourth-order valence-corrected chi connectivity index (χ4v) is 2.71. The van der Waals surface area contributed by atoms with Crippen molar-refractivity contribution >= 4 is 36.5 Å². The molecule has 0 bridgehead atoms. The number of rotatable bonds is 7. The molecule has 0 aliphatic rings. The molecule has 2 aromatic heterocycles. The number of nitrogens with two attached hydrogens (primary N) is 1. The van der Waals surface area contributed by atoms with Crippen LogP contribution in [0.3, 0.4) is 0 Å². The van der Waals surface area contributed by atoms with Crippen LogP contribution < -0.4 is 11.1 Å². The normalized spacial score (nSPS) is 12.2. The highest BCUT2D eigenvalue weighted by atomic mass is 35.5. The van der Waals surface area contributed by atoms with Crippen LogP contribution in [0.2, 0.25) is 0 Å². The summed E-state index contributed by atoms with van der Waals surface area (Å²) >= 11 is 0. The standard InChI is InChI=1S/C20H23N5O.2ClH/c1-15(19(21)17-5-3-2-4-6-17)20(26)23-18-10-14-25(24-18)13-9-16-7-11-22-12-8-16;;/h2-8,10-12,14-15,19H,9,13,21H2,1H3,(H,23,24,26);2*1H. The molecule has 0 aliphatic heterocycles. The molecule has 0 radical (unpaired) electrons. The van der Waals surface area contributed by atoms with E-state index in [1.165, 1.54) is 5.56 Å². The van der Waals surface area contributed by atoms with Crippen molar-refractivity contribution in [3.63, 3.8) is 0 Å². The molecule has 3 N–H and O–H groups in total. The third-order valence-electron chi connectivity index (χ3n) is 4.41. The minimum Gasteiger partial charge on any atom is -0.323 e. The first-order valence-electron chi connectivity index (χ1n) is 8.67. The van der Waals surface area contributed by atoms with Crippen molar-refractivity contribution in [3.8, 4) is 0 Å². The van der Waals surface area contributed by atoms with Crippen LogP contribution in [0.15, 0.2) is 67.1 Å². The van der Waals surface area contributed by atoms with Gasteiger partial charge < -0.3 is 11.1 Å². The van der Waals surface area contributed by atoms with Crippen LogP contribution in [-0.2, 0) is 17.8 Å². The fourth-order valence-electron chi connectivity index (χ4n) is 2.71. The van der Waals surface area contributed by atoms with Crippen LogP contribution in [0.1, 0.15) is 24.1 Å². The number of hydrogen-bond acceptors (Lipinski definition) is 4. The van der Waals surface area contributed by atoms with Gasteiger partial charge in [-0.15, -0.1) is 24.8 Å². The van der Waals surface area contributed by atoms with Gasteiger partial charge in [0.25, 0.3) is 0 Å². The molecular weight excluding hydrogens is 397 g/mol. The lowest BCUT2D eigenvalue weighted by molar-refractivity contribution is -0.120. The van der Waals surface area contributed by atoms with Crippen molar-refractivity contribution in [1.82, 2.24) is 14.8 Å². The van der Waals surface area contributed by atoms with Crippen molar-refractivity contribution in [2.45, 2.75) is 25.9 Å². The molecule has 6 nitrogen and oxygen atoms in total. The highest BCUT2D eigenvalue weighted by Gasteiger charge is 2.22. The number of halogens is 2. The van der Waals surface area contributed by atoms with Crippen LogP contribution >= 0.6 is 24.8 Å². The van der Waals surface area contributed by atoms with Crippen LogP contribution in [-0.4, -0.2) is 20.7 Å². The molecule has 28 heavy (non-hydrogen) atoms. The number of aryl methyl sites for hydroxylation is 2. The van der Waals surface area contributed by atoms with Crippen molar-refractivity contribution in [2.75, 3.05) is 5.32 Å². The van der Waals surface area contributed by atoms with Gasteiger partial charge in [-0.1, -0.05) is 37.3 Å². The van der Waals surface area contributed by atoms with Crippen LogP contribution in [0.4, 0.5) is 5.82 Å². The number of hydrogen-bond donors (Lipinski definition) is 2. The van der Waals surface area contributed by atoms with Gasteiger partial charge in [0, 0.05) is 37.2 Å². The summed E-state index contributed by atoms with van der Waals surface area (Å²) < 4.78 is 1.82. The average Bonchev–Trinajstić information content (AvgIpc) is 3.14. The molecule has 0 saturated heterocycles. The van der Waals surface area contributed by atoms with Crippen molar-refractivity contribution in [2.24, 2.45) is 11.7 Å². The van der Waals surface area contributed by atoms with Crippen LogP contribution in [0.25, 0.3) is 0 Å². The van der Waals surface area contributed by atoms with Gasteiger partial charge in [-0.05, 0) is 29.7 Å². The highest BCUT2D eigenvalue weighted by molar-refractivity contribution is 5.92. The number of pyridine rings is 1. The van der Waals surface area contributed by atoms with Gasteiger partial charge in [-0.2, -0.15) is 5.10 Å². The fraction of sp³-hybridized carbons (Fsp3) is 0.250. The van der Waals surface area contributed by atoms with Crippen molar-refractivity contribution in [3.05, 3.63) is 78.2 Å². The first-order valence-corrected chi connectivity index (χ1v) is 8.67. The molecule has 0 spiro atoms. The Morgan fingerprint density at radius 2 is 1.79 bits per heavy atom. The second-order valence-electron chi connectivity index (χ2n) is 6.28. The summed E-state index contributed by atoms with van der Waals surface area (Å²) in [5.74, 6) is 0.0388. The number of carbonyl (C=O) groups is 1. The minimum absolute atomic E-state index is 0. The smallest absolute Gasteiger partial charge is 0.230 e. The topological polar surface area (TPSA) is 85.8 Å². The monoisotopic (exact) mass is 421 g/mol. The van der Waals surface area contributed by atoms with Gasteiger partial charge in [-0.3, -0.25) is 14.5 Å². The average molecular weight is 422 g/mol. The predicted octanol–water partition coefficient (Wildman–Crippen LogP) is 3.64. The quantitative estimate of drug-likeness (QED) is 0.609. The van der Waals surface area contributed by atoms with E-state index >= 15 is 0 Å². The molecule has 0 aliphatic carbocycles. The second kappa shape index (κ2) is 11.4. The van der Waals surface area contributed by atoms with Gasteiger partial charge in [-0.25, -0.2) is 0 Å². The predicted molar refractivity (Wildman–Crippen MR) is 116 cm³/mol. The third kappa shape index (κ3) is 6.34. The zero-order valence-electron chi connectivity index (χ0n) is 15.6. The van der Waals surface area contributed by atoms with Gasteiger partial charge >= 0.3 is 0 Å². The number of nitrogens with zero attached hydrogens (tertiary/aromatic N) is 3. The van der Waals surface area contributed by atoms with E-state index in [9.17, 15) is 4.79 Å². The van der Waals surface area contributed by atoms with Crippen LogP contribution in [0, 0.1) is 5.92 Å². The van der Waals surface area contributed by atoms with E-state index in [2.05, 4.69) is 15.4 Å². The Morgan fingerprint density at radius 1 is 1.11 bits per heavy atom. The summed E-state index contributed by atoms with van der Waals surface area (Å²) in [6, 6.07) is 15.0. The summed E-state index contributed by atoms with van der Waals surface area (Å²) in [6.07, 6.45) is 6.27. The zero-order valence-corrected chi connectivity index (χ0v) is 17.2. The Labute approximate surface area is 177 Å². The maximum atomic E-state index is 12.5. The van der Waals surface area contributed by atoms with E-state index in [1.807, 2.05) is 60.3 Å². The summed E-state index contributed by atoms with van der Waals surface area (Å²) in [5, 5.41) is 7.26. The Morgan fingerprint density at radius 3 is 2.46 bits per heavy atom. The summed E-state index contributed by atoms with van der Waals surface area (Å²) in [5.41, 5.74) is 8.36. The number of anilines is 1. The third-order valence-corrected chi connectivity index (χ3v) is 4.41. The van der Waals surface area contributed by atoms with E-state index in [4.69, 9.17) is 5.73 Å². The first kappa shape index (κ1) is 23.6. The lowest BCUT2D eigenvalue weighted by Gasteiger charge is -2.19. The van der Waals surface area contributed by atoms with Gasteiger partial charge in [0.1, 0.15) is 0 Å². The molecule has 3 aromatic rings. The summed E-state index contributed by atoms with van der Waals surface area (Å²) in [7, 11) is 0. The molecule has 1 amide bonds. The van der Waals surface area contributed by atoms with E-state index in [0.29, 0.717) is 5.82 Å². The molecule has 2 atom stereocenters. The molecule has 0 fully saturated rings. The van der Waals surface area contributed by atoms with E-state index in [0.717, 1.165) is 18.5 Å². The number of carbonyl (C=O) groups excluding carboxylic acids is 1. The van der Waals surface area contributed by atoms with Gasteiger partial charge in [0.05, 0.1) is 5.92 Å².